The number of esters is 1. The van der Waals surface area contributed by atoms with Crippen LogP contribution in [-0.2, 0) is 9.53 Å². The quantitative estimate of drug-likeness (QED) is 0.570. The molecule has 4 nitrogen and oxygen atoms in total. The fraction of sp³-hybridized carbons (Fsp3) is 0.471. The molecule has 0 heterocycles. The molecular formula is C17H25NO3. The molecule has 0 fully saturated rings. The fourth-order valence-corrected chi connectivity index (χ4v) is 2.28. The van der Waals surface area contributed by atoms with Crippen molar-refractivity contribution in [2.24, 2.45) is 0 Å². The molecule has 4 heteroatoms. The zero-order valence-electron chi connectivity index (χ0n) is 13.1. The molecule has 0 aliphatic carbocycles. The average molecular weight is 291 g/mol. The largest absolute Gasteiger partial charge is 0.469 e. The van der Waals surface area contributed by atoms with Crippen LogP contribution in [0.15, 0.2) is 30.9 Å². The van der Waals surface area contributed by atoms with Crippen LogP contribution in [0.2, 0.25) is 0 Å². The number of carbonyl (C=O) groups is 1. The lowest BCUT2D eigenvalue weighted by atomic mass is 9.93. The first-order valence-electron chi connectivity index (χ1n) is 7.16. The summed E-state index contributed by atoms with van der Waals surface area (Å²) < 4.78 is 4.66. The lowest BCUT2D eigenvalue weighted by molar-refractivity contribution is -0.141. The highest BCUT2D eigenvalue weighted by molar-refractivity contribution is 5.69. The van der Waals surface area contributed by atoms with E-state index in [1.807, 2.05) is 32.0 Å². The molecule has 2 unspecified atom stereocenters. The van der Waals surface area contributed by atoms with Crippen LogP contribution in [0.5, 0.6) is 0 Å². The monoisotopic (exact) mass is 291 g/mol. The Morgan fingerprint density at radius 2 is 2.19 bits per heavy atom. The van der Waals surface area contributed by atoms with Crippen molar-refractivity contribution in [3.63, 3.8) is 0 Å². The summed E-state index contributed by atoms with van der Waals surface area (Å²) in [5.74, 6) is -0.270. The fourth-order valence-electron chi connectivity index (χ4n) is 2.28. The van der Waals surface area contributed by atoms with Gasteiger partial charge in [0.25, 0.3) is 0 Å². The van der Waals surface area contributed by atoms with Crippen molar-refractivity contribution < 1.29 is 14.6 Å². The Hall–Kier alpha value is -1.65. The zero-order chi connectivity index (χ0) is 15.8. The normalized spacial score (nSPS) is 13.5. The van der Waals surface area contributed by atoms with Crippen molar-refractivity contribution in [3.05, 3.63) is 47.5 Å². The van der Waals surface area contributed by atoms with Gasteiger partial charge >= 0.3 is 5.97 Å². The second-order valence-electron chi connectivity index (χ2n) is 5.22. The Balaban J connectivity index is 2.87. The van der Waals surface area contributed by atoms with Crippen LogP contribution in [0.1, 0.15) is 35.6 Å². The van der Waals surface area contributed by atoms with E-state index >= 15 is 0 Å². The summed E-state index contributed by atoms with van der Waals surface area (Å²) in [4.78, 5) is 11.3. The Labute approximate surface area is 126 Å². The molecule has 0 bridgehead atoms. The van der Waals surface area contributed by atoms with Crippen molar-refractivity contribution in [1.29, 1.82) is 0 Å². The van der Waals surface area contributed by atoms with Gasteiger partial charge in [0.05, 0.1) is 13.2 Å². The van der Waals surface area contributed by atoms with Crippen molar-refractivity contribution in [3.8, 4) is 0 Å². The minimum atomic E-state index is -0.672. The minimum absolute atomic E-state index is 0.220. The predicted octanol–water partition coefficient (Wildman–Crippen LogP) is 2.43. The molecule has 116 valence electrons. The number of aliphatic hydroxyl groups excluding tert-OH is 1. The van der Waals surface area contributed by atoms with Gasteiger partial charge in [0.2, 0.25) is 0 Å². The van der Waals surface area contributed by atoms with E-state index in [9.17, 15) is 9.90 Å². The molecule has 2 N–H and O–H groups in total. The van der Waals surface area contributed by atoms with Crippen molar-refractivity contribution in [1.82, 2.24) is 5.32 Å². The molecular weight excluding hydrogens is 266 g/mol. The van der Waals surface area contributed by atoms with Crippen LogP contribution in [0.3, 0.4) is 0 Å². The maximum absolute atomic E-state index is 11.3. The van der Waals surface area contributed by atoms with E-state index in [4.69, 9.17) is 0 Å². The van der Waals surface area contributed by atoms with E-state index in [-0.39, 0.29) is 18.4 Å². The molecule has 0 aliphatic rings. The molecule has 0 amide bonds. The number of aliphatic hydroxyl groups is 1. The number of hydrogen-bond acceptors (Lipinski definition) is 4. The van der Waals surface area contributed by atoms with Crippen molar-refractivity contribution in [2.75, 3.05) is 13.7 Å². The number of aryl methyl sites for hydroxylation is 2. The Morgan fingerprint density at radius 3 is 2.81 bits per heavy atom. The summed E-state index contributed by atoms with van der Waals surface area (Å²) in [6.45, 7) is 8.22. The molecule has 0 aliphatic heterocycles. The van der Waals surface area contributed by atoms with Crippen molar-refractivity contribution >= 4 is 5.97 Å². The standard InChI is InChI=1S/C17H25NO3/c1-5-10-18-15(8-9-16(19)21-4)17(20)14-11-12(2)6-7-13(14)3/h5-7,11,15,17-18,20H,1,8-10H2,2-4H3. The highest BCUT2D eigenvalue weighted by Gasteiger charge is 2.22. The first-order valence-corrected chi connectivity index (χ1v) is 7.16. The van der Waals surface area contributed by atoms with Gasteiger partial charge in [-0.15, -0.1) is 6.58 Å². The molecule has 1 rings (SSSR count). The molecule has 1 aromatic carbocycles. The van der Waals surface area contributed by atoms with Crippen LogP contribution in [0.4, 0.5) is 0 Å². The first kappa shape index (κ1) is 17.4. The summed E-state index contributed by atoms with van der Waals surface area (Å²) in [6.07, 6.45) is 1.85. The van der Waals surface area contributed by atoms with Gasteiger partial charge in [0.1, 0.15) is 0 Å². The van der Waals surface area contributed by atoms with E-state index in [0.717, 1.165) is 16.7 Å². The molecule has 1 aromatic rings. The number of carbonyl (C=O) groups excluding carboxylic acids is 1. The number of methoxy groups -OCH3 is 1. The molecule has 0 spiro atoms. The Kier molecular flexibility index (Phi) is 7.12. The lowest BCUT2D eigenvalue weighted by Crippen LogP contribution is -2.36. The van der Waals surface area contributed by atoms with Crippen LogP contribution in [-0.4, -0.2) is 30.8 Å². The summed E-state index contributed by atoms with van der Waals surface area (Å²) in [5, 5.41) is 13.9. The molecule has 0 saturated heterocycles. The van der Waals surface area contributed by atoms with Gasteiger partial charge in [0, 0.05) is 19.0 Å². The van der Waals surface area contributed by atoms with E-state index in [0.29, 0.717) is 13.0 Å². The van der Waals surface area contributed by atoms with E-state index in [1.165, 1.54) is 7.11 Å². The number of benzene rings is 1. The molecule has 0 radical (unpaired) electrons. The highest BCUT2D eigenvalue weighted by atomic mass is 16.5. The van der Waals surface area contributed by atoms with Gasteiger partial charge < -0.3 is 15.2 Å². The van der Waals surface area contributed by atoms with Gasteiger partial charge in [-0.2, -0.15) is 0 Å². The van der Waals surface area contributed by atoms with Gasteiger partial charge in [-0.05, 0) is 31.4 Å². The number of hydrogen-bond donors (Lipinski definition) is 2. The average Bonchev–Trinajstić information content (AvgIpc) is 2.48. The summed E-state index contributed by atoms with van der Waals surface area (Å²) in [5.41, 5.74) is 3.03. The number of ether oxygens (including phenoxy) is 1. The second-order valence-corrected chi connectivity index (χ2v) is 5.22. The van der Waals surface area contributed by atoms with E-state index in [1.54, 1.807) is 6.08 Å². The predicted molar refractivity (Wildman–Crippen MR) is 84.1 cm³/mol. The van der Waals surface area contributed by atoms with E-state index in [2.05, 4.69) is 16.6 Å². The minimum Gasteiger partial charge on any atom is -0.469 e. The molecule has 2 atom stereocenters. The SMILES string of the molecule is C=CCNC(CCC(=O)OC)C(O)c1cc(C)ccc1C. The summed E-state index contributed by atoms with van der Waals surface area (Å²) >= 11 is 0. The molecule has 0 aromatic heterocycles. The molecule has 0 saturated carbocycles. The maximum Gasteiger partial charge on any atom is 0.305 e. The van der Waals surface area contributed by atoms with Gasteiger partial charge in [0.15, 0.2) is 0 Å². The summed E-state index contributed by atoms with van der Waals surface area (Å²) in [7, 11) is 1.37. The second kappa shape index (κ2) is 8.60. The number of nitrogens with one attached hydrogen (secondary N) is 1. The lowest BCUT2D eigenvalue weighted by Gasteiger charge is -2.25. The zero-order valence-corrected chi connectivity index (χ0v) is 13.1. The van der Waals surface area contributed by atoms with Gasteiger partial charge in [-0.25, -0.2) is 0 Å². The Morgan fingerprint density at radius 1 is 1.48 bits per heavy atom. The maximum atomic E-state index is 11.3. The van der Waals surface area contributed by atoms with Gasteiger partial charge in [-0.3, -0.25) is 4.79 Å². The van der Waals surface area contributed by atoms with Crippen LogP contribution >= 0.6 is 0 Å². The van der Waals surface area contributed by atoms with E-state index < -0.39 is 6.10 Å². The van der Waals surface area contributed by atoms with Gasteiger partial charge in [-0.1, -0.05) is 29.8 Å². The smallest absolute Gasteiger partial charge is 0.305 e. The third-order valence-corrected chi connectivity index (χ3v) is 3.55. The van der Waals surface area contributed by atoms with Crippen molar-refractivity contribution in [2.45, 2.75) is 38.8 Å². The topological polar surface area (TPSA) is 58.6 Å². The number of rotatable bonds is 8. The highest BCUT2D eigenvalue weighted by Crippen LogP contribution is 2.24. The third kappa shape index (κ3) is 5.33. The first-order chi connectivity index (χ1) is 9.99. The summed E-state index contributed by atoms with van der Waals surface area (Å²) in [6, 6.07) is 5.79. The third-order valence-electron chi connectivity index (χ3n) is 3.55. The molecule has 21 heavy (non-hydrogen) atoms. The van der Waals surface area contributed by atoms with Crippen LogP contribution in [0, 0.1) is 13.8 Å². The Bertz CT molecular complexity index is 485. The van der Waals surface area contributed by atoms with Crippen LogP contribution in [0.25, 0.3) is 0 Å². The van der Waals surface area contributed by atoms with Crippen LogP contribution < -0.4 is 5.32 Å².